The molecule has 0 aliphatic carbocycles. The first kappa shape index (κ1) is 13.8. The van der Waals surface area contributed by atoms with E-state index in [4.69, 9.17) is 0 Å². The van der Waals surface area contributed by atoms with Crippen molar-refractivity contribution in [1.29, 1.82) is 0 Å². The smallest absolute Gasteiger partial charge is 0.124 e. The Balaban J connectivity index is 1.99. The lowest BCUT2D eigenvalue weighted by atomic mass is 10.0. The number of hydrogen-bond donors (Lipinski definition) is 0. The lowest BCUT2D eigenvalue weighted by Gasteiger charge is -2.28. The zero-order valence-electron chi connectivity index (χ0n) is 12.5. The molecule has 108 valence electrons. The molecule has 1 atom stereocenters. The Labute approximate surface area is 125 Å². The Morgan fingerprint density at radius 1 is 1.05 bits per heavy atom. The molecule has 2 nitrogen and oxygen atoms in total. The predicted molar refractivity (Wildman–Crippen MR) is 85.4 cm³/mol. The van der Waals surface area contributed by atoms with Crippen LogP contribution in [-0.2, 0) is 0 Å². The standard InChI is InChI=1S/C18H19FN2/c1-13-9-16(11-17(19)10-13)15-5-4-6-18(12-15)21-8-7-14(2)20(21)3/h4-12,14H,1-3H3. The molecule has 2 aromatic rings. The molecule has 0 bridgehead atoms. The van der Waals surface area contributed by atoms with Crippen LogP contribution in [0.25, 0.3) is 11.1 Å². The molecule has 21 heavy (non-hydrogen) atoms. The predicted octanol–water partition coefficient (Wildman–Crippen LogP) is 4.37. The SMILES string of the molecule is Cc1cc(F)cc(-c2cccc(N3C=CC(C)N3C)c2)c1. The minimum Gasteiger partial charge on any atom is -0.282 e. The van der Waals surface area contributed by atoms with Crippen LogP contribution in [-0.4, -0.2) is 18.1 Å². The van der Waals surface area contributed by atoms with Gasteiger partial charge in [-0.05, 0) is 60.9 Å². The Morgan fingerprint density at radius 2 is 1.86 bits per heavy atom. The van der Waals surface area contributed by atoms with E-state index in [-0.39, 0.29) is 5.82 Å². The fourth-order valence-electron chi connectivity index (χ4n) is 2.63. The molecular formula is C18H19FN2. The molecule has 1 unspecified atom stereocenters. The van der Waals surface area contributed by atoms with E-state index >= 15 is 0 Å². The highest BCUT2D eigenvalue weighted by molar-refractivity contribution is 5.69. The topological polar surface area (TPSA) is 6.48 Å². The monoisotopic (exact) mass is 282 g/mol. The van der Waals surface area contributed by atoms with Crippen molar-refractivity contribution in [1.82, 2.24) is 5.01 Å². The normalized spacial score (nSPS) is 18.5. The number of nitrogens with zero attached hydrogens (tertiary/aromatic N) is 2. The molecular weight excluding hydrogens is 263 g/mol. The average molecular weight is 282 g/mol. The highest BCUT2D eigenvalue weighted by Crippen LogP contribution is 2.29. The van der Waals surface area contributed by atoms with Crippen molar-refractivity contribution >= 4 is 5.69 Å². The number of benzene rings is 2. The van der Waals surface area contributed by atoms with Crippen molar-refractivity contribution in [2.45, 2.75) is 19.9 Å². The van der Waals surface area contributed by atoms with Gasteiger partial charge in [-0.25, -0.2) is 9.40 Å². The molecule has 3 heteroatoms. The number of hydrazine groups is 1. The number of likely N-dealkylation sites (N-methyl/N-ethyl adjacent to an activating group) is 1. The van der Waals surface area contributed by atoms with Gasteiger partial charge < -0.3 is 0 Å². The summed E-state index contributed by atoms with van der Waals surface area (Å²) in [6.07, 6.45) is 4.22. The van der Waals surface area contributed by atoms with Gasteiger partial charge in [0.2, 0.25) is 0 Å². The van der Waals surface area contributed by atoms with Crippen molar-refractivity contribution in [3.05, 3.63) is 66.1 Å². The van der Waals surface area contributed by atoms with Crippen LogP contribution in [0.3, 0.4) is 0 Å². The van der Waals surface area contributed by atoms with Crippen LogP contribution in [0.5, 0.6) is 0 Å². The van der Waals surface area contributed by atoms with Crippen molar-refractivity contribution in [3.8, 4) is 11.1 Å². The second-order valence-corrected chi connectivity index (χ2v) is 5.57. The lowest BCUT2D eigenvalue weighted by molar-refractivity contribution is 0.322. The fourth-order valence-corrected chi connectivity index (χ4v) is 2.63. The van der Waals surface area contributed by atoms with Crippen LogP contribution < -0.4 is 5.01 Å². The summed E-state index contributed by atoms with van der Waals surface area (Å²) in [5, 5.41) is 4.27. The molecule has 0 saturated heterocycles. The maximum Gasteiger partial charge on any atom is 0.124 e. The van der Waals surface area contributed by atoms with Gasteiger partial charge in [0.05, 0.1) is 5.69 Å². The molecule has 0 radical (unpaired) electrons. The van der Waals surface area contributed by atoms with Gasteiger partial charge in [0, 0.05) is 19.3 Å². The molecule has 0 fully saturated rings. The summed E-state index contributed by atoms with van der Waals surface area (Å²) in [5.74, 6) is -0.192. The van der Waals surface area contributed by atoms with Crippen LogP contribution in [0.15, 0.2) is 54.7 Å². The van der Waals surface area contributed by atoms with Gasteiger partial charge in [-0.15, -0.1) is 0 Å². The van der Waals surface area contributed by atoms with E-state index in [9.17, 15) is 4.39 Å². The number of halogens is 1. The second-order valence-electron chi connectivity index (χ2n) is 5.57. The molecule has 0 aromatic heterocycles. The first-order chi connectivity index (χ1) is 10.0. The quantitative estimate of drug-likeness (QED) is 0.807. The van der Waals surface area contributed by atoms with E-state index in [1.807, 2.05) is 25.1 Å². The number of anilines is 1. The summed E-state index contributed by atoms with van der Waals surface area (Å²) in [6, 6.07) is 13.7. The van der Waals surface area contributed by atoms with Crippen LogP contribution in [0, 0.1) is 12.7 Å². The molecule has 0 N–H and O–H groups in total. The molecule has 0 saturated carbocycles. The van der Waals surface area contributed by atoms with Gasteiger partial charge in [0.1, 0.15) is 5.82 Å². The van der Waals surface area contributed by atoms with Crippen molar-refractivity contribution in [3.63, 3.8) is 0 Å². The largest absolute Gasteiger partial charge is 0.282 e. The first-order valence-corrected chi connectivity index (χ1v) is 7.12. The molecule has 2 aromatic carbocycles. The van der Waals surface area contributed by atoms with E-state index in [1.54, 1.807) is 12.1 Å². The Kier molecular flexibility index (Phi) is 3.52. The third kappa shape index (κ3) is 2.69. The summed E-state index contributed by atoms with van der Waals surface area (Å²) in [5.41, 5.74) is 3.95. The van der Waals surface area contributed by atoms with Crippen molar-refractivity contribution < 1.29 is 4.39 Å². The lowest BCUT2D eigenvalue weighted by Crippen LogP contribution is -2.36. The van der Waals surface area contributed by atoms with Gasteiger partial charge in [0.15, 0.2) is 0 Å². The van der Waals surface area contributed by atoms with Crippen molar-refractivity contribution in [2.75, 3.05) is 12.1 Å². The summed E-state index contributed by atoms with van der Waals surface area (Å²) >= 11 is 0. The summed E-state index contributed by atoms with van der Waals surface area (Å²) in [7, 11) is 2.06. The highest BCUT2D eigenvalue weighted by atomic mass is 19.1. The summed E-state index contributed by atoms with van der Waals surface area (Å²) < 4.78 is 13.6. The van der Waals surface area contributed by atoms with Gasteiger partial charge in [-0.3, -0.25) is 5.01 Å². The third-order valence-electron chi connectivity index (χ3n) is 3.92. The van der Waals surface area contributed by atoms with E-state index in [1.165, 1.54) is 0 Å². The van der Waals surface area contributed by atoms with E-state index in [2.05, 4.69) is 48.4 Å². The minimum absolute atomic E-state index is 0.192. The average Bonchev–Trinajstić information content (AvgIpc) is 2.78. The molecule has 0 amide bonds. The Morgan fingerprint density at radius 3 is 2.52 bits per heavy atom. The molecule has 3 rings (SSSR count). The Bertz CT molecular complexity index is 673. The number of hydrogen-bond acceptors (Lipinski definition) is 2. The molecule has 1 aliphatic heterocycles. The van der Waals surface area contributed by atoms with Gasteiger partial charge in [0.25, 0.3) is 0 Å². The van der Waals surface area contributed by atoms with E-state index in [0.717, 1.165) is 22.4 Å². The Hall–Kier alpha value is -2.13. The zero-order valence-corrected chi connectivity index (χ0v) is 12.5. The zero-order chi connectivity index (χ0) is 15.0. The highest BCUT2D eigenvalue weighted by Gasteiger charge is 2.20. The summed E-state index contributed by atoms with van der Waals surface area (Å²) in [6.45, 7) is 4.06. The number of rotatable bonds is 2. The molecule has 1 heterocycles. The van der Waals surface area contributed by atoms with E-state index in [0.29, 0.717) is 6.04 Å². The van der Waals surface area contributed by atoms with Crippen LogP contribution in [0.1, 0.15) is 12.5 Å². The first-order valence-electron chi connectivity index (χ1n) is 7.12. The van der Waals surface area contributed by atoms with Crippen molar-refractivity contribution in [2.24, 2.45) is 0 Å². The van der Waals surface area contributed by atoms with Crippen LogP contribution in [0.4, 0.5) is 10.1 Å². The summed E-state index contributed by atoms with van der Waals surface area (Å²) in [4.78, 5) is 0. The number of aryl methyl sites for hydroxylation is 1. The third-order valence-corrected chi connectivity index (χ3v) is 3.92. The van der Waals surface area contributed by atoms with Crippen LogP contribution in [0.2, 0.25) is 0 Å². The maximum atomic E-state index is 13.6. The van der Waals surface area contributed by atoms with Gasteiger partial charge in [-0.1, -0.05) is 18.2 Å². The van der Waals surface area contributed by atoms with Gasteiger partial charge >= 0.3 is 0 Å². The molecule has 1 aliphatic rings. The maximum absolute atomic E-state index is 13.6. The van der Waals surface area contributed by atoms with E-state index < -0.39 is 0 Å². The minimum atomic E-state index is -0.192. The second kappa shape index (κ2) is 5.34. The fraction of sp³-hybridized carbons (Fsp3) is 0.222. The van der Waals surface area contributed by atoms with Gasteiger partial charge in [-0.2, -0.15) is 0 Å². The molecule has 0 spiro atoms. The van der Waals surface area contributed by atoms with Crippen LogP contribution >= 0.6 is 0 Å².